The van der Waals surface area contributed by atoms with Crippen LogP contribution in [0.4, 0.5) is 0 Å². The van der Waals surface area contributed by atoms with Crippen molar-refractivity contribution >= 4 is 11.8 Å². The van der Waals surface area contributed by atoms with E-state index < -0.39 is 0 Å². The maximum absolute atomic E-state index is 12.7. The van der Waals surface area contributed by atoms with Crippen LogP contribution >= 0.6 is 0 Å². The van der Waals surface area contributed by atoms with Gasteiger partial charge in [0.05, 0.1) is 11.6 Å². The lowest BCUT2D eigenvalue weighted by atomic mass is 9.94. The van der Waals surface area contributed by atoms with Crippen molar-refractivity contribution in [1.82, 2.24) is 9.80 Å². The molecule has 0 unspecified atom stereocenters. The normalized spacial score (nSPS) is 18.6. The molecule has 0 bridgehead atoms. The van der Waals surface area contributed by atoms with E-state index in [0.717, 1.165) is 44.3 Å². The molecular weight excluding hydrogens is 338 g/mol. The second-order valence-corrected chi connectivity index (χ2v) is 7.70. The highest BCUT2D eigenvalue weighted by molar-refractivity contribution is 5.80. The molecule has 0 aliphatic carbocycles. The Morgan fingerprint density at radius 2 is 1.56 bits per heavy atom. The van der Waals surface area contributed by atoms with Gasteiger partial charge in [-0.2, -0.15) is 5.26 Å². The summed E-state index contributed by atoms with van der Waals surface area (Å²) < 4.78 is 0. The van der Waals surface area contributed by atoms with Crippen molar-refractivity contribution in [2.45, 2.75) is 51.4 Å². The van der Waals surface area contributed by atoms with Crippen LogP contribution in [0.15, 0.2) is 24.3 Å². The highest BCUT2D eigenvalue weighted by Gasteiger charge is 2.30. The minimum Gasteiger partial charge on any atom is -0.343 e. The van der Waals surface area contributed by atoms with Crippen molar-refractivity contribution in [3.8, 4) is 6.07 Å². The molecular formula is C22H29N3O2. The van der Waals surface area contributed by atoms with E-state index in [1.54, 1.807) is 12.1 Å². The fraction of sp³-hybridized carbons (Fsp3) is 0.591. The van der Waals surface area contributed by atoms with E-state index in [2.05, 4.69) is 11.0 Å². The number of likely N-dealkylation sites (tertiary alicyclic amines) is 2. The van der Waals surface area contributed by atoms with Crippen molar-refractivity contribution in [2.75, 3.05) is 26.2 Å². The third kappa shape index (κ3) is 5.32. The first-order chi connectivity index (χ1) is 13.2. The van der Waals surface area contributed by atoms with Gasteiger partial charge in [0.15, 0.2) is 0 Å². The van der Waals surface area contributed by atoms with Crippen LogP contribution in [-0.4, -0.2) is 47.8 Å². The SMILES string of the molecule is N#Cc1ccc(CCC(=O)N2CCC(C(=O)N3CCCCCC3)CC2)cc1. The number of amides is 2. The van der Waals surface area contributed by atoms with E-state index >= 15 is 0 Å². The van der Waals surface area contributed by atoms with Gasteiger partial charge in [0.25, 0.3) is 0 Å². The lowest BCUT2D eigenvalue weighted by molar-refractivity contribution is -0.140. The largest absolute Gasteiger partial charge is 0.343 e. The molecule has 0 N–H and O–H groups in total. The second kappa shape index (κ2) is 9.55. The van der Waals surface area contributed by atoms with Crippen LogP contribution in [0.5, 0.6) is 0 Å². The summed E-state index contributed by atoms with van der Waals surface area (Å²) in [6, 6.07) is 9.52. The first-order valence-corrected chi connectivity index (χ1v) is 10.2. The van der Waals surface area contributed by atoms with Crippen LogP contribution in [0.1, 0.15) is 56.1 Å². The van der Waals surface area contributed by atoms with Crippen LogP contribution < -0.4 is 0 Å². The Balaban J connectivity index is 1.43. The lowest BCUT2D eigenvalue weighted by Gasteiger charge is -2.34. The van der Waals surface area contributed by atoms with Gasteiger partial charge in [-0.15, -0.1) is 0 Å². The number of piperidine rings is 1. The summed E-state index contributed by atoms with van der Waals surface area (Å²) in [6.07, 6.45) is 7.46. The zero-order chi connectivity index (χ0) is 19.1. The zero-order valence-corrected chi connectivity index (χ0v) is 16.0. The van der Waals surface area contributed by atoms with Crippen molar-refractivity contribution in [3.05, 3.63) is 35.4 Å². The van der Waals surface area contributed by atoms with E-state index in [-0.39, 0.29) is 11.8 Å². The van der Waals surface area contributed by atoms with Crippen molar-refractivity contribution in [1.29, 1.82) is 5.26 Å². The van der Waals surface area contributed by atoms with Gasteiger partial charge in [-0.1, -0.05) is 25.0 Å². The molecule has 27 heavy (non-hydrogen) atoms. The number of nitrogens with zero attached hydrogens (tertiary/aromatic N) is 3. The average Bonchev–Trinajstić information content (AvgIpc) is 3.01. The van der Waals surface area contributed by atoms with E-state index in [1.165, 1.54) is 12.8 Å². The molecule has 0 saturated carbocycles. The molecule has 0 atom stereocenters. The summed E-state index contributed by atoms with van der Waals surface area (Å²) in [6.45, 7) is 3.19. The summed E-state index contributed by atoms with van der Waals surface area (Å²) >= 11 is 0. The van der Waals surface area contributed by atoms with Crippen molar-refractivity contribution in [2.24, 2.45) is 5.92 Å². The maximum atomic E-state index is 12.7. The number of aryl methyl sites for hydroxylation is 1. The molecule has 0 spiro atoms. The number of rotatable bonds is 4. The van der Waals surface area contributed by atoms with Crippen LogP contribution in [-0.2, 0) is 16.0 Å². The third-order valence-corrected chi connectivity index (χ3v) is 5.83. The number of hydrogen-bond donors (Lipinski definition) is 0. The minimum absolute atomic E-state index is 0.0886. The Kier molecular flexibility index (Phi) is 6.86. The van der Waals surface area contributed by atoms with Gasteiger partial charge in [0.1, 0.15) is 0 Å². The summed E-state index contributed by atoms with van der Waals surface area (Å²) in [5, 5.41) is 8.84. The van der Waals surface area contributed by atoms with Crippen LogP contribution in [0.3, 0.4) is 0 Å². The van der Waals surface area contributed by atoms with Gasteiger partial charge in [-0.3, -0.25) is 9.59 Å². The highest BCUT2D eigenvalue weighted by Crippen LogP contribution is 2.22. The molecule has 3 rings (SSSR count). The first-order valence-electron chi connectivity index (χ1n) is 10.2. The molecule has 144 valence electrons. The molecule has 2 amide bonds. The monoisotopic (exact) mass is 367 g/mol. The Morgan fingerprint density at radius 3 is 2.15 bits per heavy atom. The van der Waals surface area contributed by atoms with E-state index in [1.807, 2.05) is 17.0 Å². The van der Waals surface area contributed by atoms with Gasteiger partial charge < -0.3 is 9.80 Å². The Labute approximate surface area is 161 Å². The topological polar surface area (TPSA) is 64.4 Å². The molecule has 2 aliphatic rings. The maximum Gasteiger partial charge on any atom is 0.225 e. The number of hydrogen-bond acceptors (Lipinski definition) is 3. The van der Waals surface area contributed by atoms with Gasteiger partial charge in [-0.05, 0) is 49.8 Å². The second-order valence-electron chi connectivity index (χ2n) is 7.70. The predicted octanol–water partition coefficient (Wildman–Crippen LogP) is 3.13. The van der Waals surface area contributed by atoms with E-state index in [0.29, 0.717) is 37.4 Å². The van der Waals surface area contributed by atoms with E-state index in [9.17, 15) is 9.59 Å². The lowest BCUT2D eigenvalue weighted by Crippen LogP contribution is -2.44. The molecule has 5 heteroatoms. The molecule has 0 aromatic heterocycles. The average molecular weight is 367 g/mol. The molecule has 1 aromatic rings. The van der Waals surface area contributed by atoms with E-state index in [4.69, 9.17) is 5.26 Å². The highest BCUT2D eigenvalue weighted by atomic mass is 16.2. The van der Waals surface area contributed by atoms with Gasteiger partial charge in [0, 0.05) is 38.5 Å². The third-order valence-electron chi connectivity index (χ3n) is 5.83. The fourth-order valence-corrected chi connectivity index (χ4v) is 4.08. The van der Waals surface area contributed by atoms with Gasteiger partial charge >= 0.3 is 0 Å². The smallest absolute Gasteiger partial charge is 0.225 e. The van der Waals surface area contributed by atoms with Crippen LogP contribution in [0.25, 0.3) is 0 Å². The van der Waals surface area contributed by atoms with Gasteiger partial charge in [-0.25, -0.2) is 0 Å². The molecule has 1 aromatic carbocycles. The van der Waals surface area contributed by atoms with Crippen molar-refractivity contribution < 1.29 is 9.59 Å². The summed E-state index contributed by atoms with van der Waals surface area (Å²) in [5.41, 5.74) is 1.72. The van der Waals surface area contributed by atoms with Crippen LogP contribution in [0.2, 0.25) is 0 Å². The first kappa shape index (κ1) is 19.4. The number of carbonyl (C=O) groups excluding carboxylic acids is 2. The molecule has 2 heterocycles. The Morgan fingerprint density at radius 1 is 0.926 bits per heavy atom. The number of nitriles is 1. The predicted molar refractivity (Wildman–Crippen MR) is 104 cm³/mol. The summed E-state index contributed by atoms with van der Waals surface area (Å²) in [7, 11) is 0. The standard InChI is InChI=1S/C22H29N3O2/c23-17-19-7-5-18(6-8-19)9-10-21(26)24-15-11-20(12-16-24)22(27)25-13-3-1-2-4-14-25/h5-8,20H,1-4,9-16H2. The Hall–Kier alpha value is -2.35. The quantitative estimate of drug-likeness (QED) is 0.821. The zero-order valence-electron chi connectivity index (χ0n) is 16.0. The Bertz CT molecular complexity index is 677. The minimum atomic E-state index is 0.0886. The fourth-order valence-electron chi connectivity index (χ4n) is 4.08. The molecule has 2 saturated heterocycles. The van der Waals surface area contributed by atoms with Gasteiger partial charge in [0.2, 0.25) is 11.8 Å². The van der Waals surface area contributed by atoms with Crippen molar-refractivity contribution in [3.63, 3.8) is 0 Å². The van der Waals surface area contributed by atoms with Crippen LogP contribution in [0, 0.1) is 17.2 Å². The number of carbonyl (C=O) groups is 2. The summed E-state index contributed by atoms with van der Waals surface area (Å²) in [4.78, 5) is 29.2. The summed E-state index contributed by atoms with van der Waals surface area (Å²) in [5.74, 6) is 0.562. The molecule has 5 nitrogen and oxygen atoms in total. The molecule has 2 aliphatic heterocycles. The molecule has 0 radical (unpaired) electrons. The number of benzene rings is 1. The molecule has 2 fully saturated rings.